The second kappa shape index (κ2) is 9.45. The van der Waals surface area contributed by atoms with E-state index < -0.39 is 0 Å². The number of hydrogen-bond donors (Lipinski definition) is 1. The van der Waals surface area contributed by atoms with Crippen LogP contribution >= 0.6 is 0 Å². The summed E-state index contributed by atoms with van der Waals surface area (Å²) in [6.07, 6.45) is 6.88. The lowest BCUT2D eigenvalue weighted by molar-refractivity contribution is -0.123. The fraction of sp³-hybridized carbons (Fsp3) is 0.480. The molecule has 2 aromatic rings. The van der Waals surface area contributed by atoms with Crippen LogP contribution in [0.15, 0.2) is 48.5 Å². The fourth-order valence-electron chi connectivity index (χ4n) is 4.86. The van der Waals surface area contributed by atoms with E-state index in [9.17, 15) is 4.79 Å². The number of amides is 1. The standard InChI is InChI=1S/C25H32N2O2/c1-29-21-14-12-20(13-15-21)24(27-16-5-2-6-17-27)18-26-25(28)23-11-7-9-19-8-3-4-10-22(19)23/h3-4,8,10,12-15,23-24H,2,5-7,9,11,16-18H2,1H3,(H,26,28)/t23-,24+/m0/s1. The maximum Gasteiger partial charge on any atom is 0.227 e. The highest BCUT2D eigenvalue weighted by molar-refractivity contribution is 5.84. The number of rotatable bonds is 6. The van der Waals surface area contributed by atoms with Crippen LogP contribution < -0.4 is 10.1 Å². The van der Waals surface area contributed by atoms with Gasteiger partial charge in [0.15, 0.2) is 0 Å². The topological polar surface area (TPSA) is 41.6 Å². The molecule has 1 saturated heterocycles. The Bertz CT molecular complexity index is 812. The van der Waals surface area contributed by atoms with Crippen molar-refractivity contribution in [2.45, 2.75) is 50.5 Å². The molecule has 4 heteroatoms. The van der Waals surface area contributed by atoms with Crippen LogP contribution in [-0.4, -0.2) is 37.6 Å². The summed E-state index contributed by atoms with van der Waals surface area (Å²) < 4.78 is 5.32. The van der Waals surface area contributed by atoms with Gasteiger partial charge in [-0.25, -0.2) is 0 Å². The number of piperidine rings is 1. The van der Waals surface area contributed by atoms with Crippen molar-refractivity contribution in [3.63, 3.8) is 0 Å². The Kier molecular flexibility index (Phi) is 6.50. The highest BCUT2D eigenvalue weighted by Crippen LogP contribution is 2.32. The number of ether oxygens (including phenoxy) is 1. The number of fused-ring (bicyclic) bond motifs is 1. The quantitative estimate of drug-likeness (QED) is 0.789. The summed E-state index contributed by atoms with van der Waals surface area (Å²) in [4.78, 5) is 15.7. The molecule has 1 aliphatic heterocycles. The minimum Gasteiger partial charge on any atom is -0.497 e. The van der Waals surface area contributed by atoms with Crippen LogP contribution in [0.2, 0.25) is 0 Å². The van der Waals surface area contributed by atoms with E-state index >= 15 is 0 Å². The van der Waals surface area contributed by atoms with Crippen molar-refractivity contribution in [2.24, 2.45) is 0 Å². The number of aryl methyl sites for hydroxylation is 1. The van der Waals surface area contributed by atoms with Gasteiger partial charge < -0.3 is 10.1 Å². The molecule has 4 rings (SSSR count). The average molecular weight is 393 g/mol. The minimum absolute atomic E-state index is 0.0159. The number of nitrogens with zero attached hydrogens (tertiary/aromatic N) is 1. The van der Waals surface area contributed by atoms with Crippen LogP contribution in [-0.2, 0) is 11.2 Å². The smallest absolute Gasteiger partial charge is 0.227 e. The molecule has 1 aliphatic carbocycles. The fourth-order valence-corrected chi connectivity index (χ4v) is 4.86. The molecule has 0 unspecified atom stereocenters. The number of carbonyl (C=O) groups is 1. The van der Waals surface area contributed by atoms with Crippen LogP contribution in [0.3, 0.4) is 0 Å². The molecule has 2 aliphatic rings. The molecular formula is C25H32N2O2. The Morgan fingerprint density at radius 1 is 1.07 bits per heavy atom. The largest absolute Gasteiger partial charge is 0.497 e. The number of likely N-dealkylation sites (tertiary alicyclic amines) is 1. The SMILES string of the molecule is COc1ccc([C@@H](CNC(=O)[C@H]2CCCc3ccccc32)N2CCCCC2)cc1. The van der Waals surface area contributed by atoms with Crippen molar-refractivity contribution < 1.29 is 9.53 Å². The highest BCUT2D eigenvalue weighted by Gasteiger charge is 2.28. The second-order valence-corrected chi connectivity index (χ2v) is 8.27. The first kappa shape index (κ1) is 20.0. The molecule has 1 heterocycles. The van der Waals surface area contributed by atoms with Gasteiger partial charge in [0.1, 0.15) is 5.75 Å². The van der Waals surface area contributed by atoms with Crippen LogP contribution in [0.4, 0.5) is 0 Å². The third-order valence-electron chi connectivity index (χ3n) is 6.49. The van der Waals surface area contributed by atoms with Gasteiger partial charge in [0, 0.05) is 6.54 Å². The highest BCUT2D eigenvalue weighted by atomic mass is 16.5. The third-order valence-corrected chi connectivity index (χ3v) is 6.49. The number of hydrogen-bond acceptors (Lipinski definition) is 3. The Morgan fingerprint density at radius 2 is 1.83 bits per heavy atom. The van der Waals surface area contributed by atoms with E-state index in [4.69, 9.17) is 4.74 Å². The number of benzene rings is 2. The van der Waals surface area contributed by atoms with Gasteiger partial charge in [-0.05, 0) is 74.0 Å². The first-order valence-corrected chi connectivity index (χ1v) is 11.0. The Labute approximate surface area is 174 Å². The molecule has 1 fully saturated rings. The normalized spacial score (nSPS) is 20.5. The molecule has 4 nitrogen and oxygen atoms in total. The first-order chi connectivity index (χ1) is 14.3. The van der Waals surface area contributed by atoms with Gasteiger partial charge in [-0.3, -0.25) is 9.69 Å². The van der Waals surface area contributed by atoms with Gasteiger partial charge in [-0.1, -0.05) is 42.8 Å². The van der Waals surface area contributed by atoms with Crippen molar-refractivity contribution >= 4 is 5.91 Å². The van der Waals surface area contributed by atoms with E-state index in [1.165, 1.54) is 36.0 Å². The molecule has 0 bridgehead atoms. The maximum atomic E-state index is 13.1. The number of carbonyl (C=O) groups excluding carboxylic acids is 1. The van der Waals surface area contributed by atoms with E-state index in [1.54, 1.807) is 7.11 Å². The van der Waals surface area contributed by atoms with Crippen molar-refractivity contribution in [3.05, 3.63) is 65.2 Å². The lowest BCUT2D eigenvalue weighted by atomic mass is 9.82. The number of methoxy groups -OCH3 is 1. The Hall–Kier alpha value is -2.33. The van der Waals surface area contributed by atoms with E-state index in [2.05, 4.69) is 46.6 Å². The summed E-state index contributed by atoms with van der Waals surface area (Å²) in [5.41, 5.74) is 3.80. The first-order valence-electron chi connectivity index (χ1n) is 11.0. The van der Waals surface area contributed by atoms with Crippen LogP contribution in [0.1, 0.15) is 60.8 Å². The lowest BCUT2D eigenvalue weighted by Gasteiger charge is -2.35. The third kappa shape index (κ3) is 4.64. The van der Waals surface area contributed by atoms with Crippen LogP contribution in [0.5, 0.6) is 5.75 Å². The molecule has 2 atom stereocenters. The molecular weight excluding hydrogens is 360 g/mol. The molecule has 0 saturated carbocycles. The molecule has 0 aromatic heterocycles. The average Bonchev–Trinajstić information content (AvgIpc) is 2.80. The molecule has 0 radical (unpaired) electrons. The Balaban J connectivity index is 1.48. The van der Waals surface area contributed by atoms with Crippen molar-refractivity contribution in [2.75, 3.05) is 26.7 Å². The maximum absolute atomic E-state index is 13.1. The Morgan fingerprint density at radius 3 is 2.59 bits per heavy atom. The monoisotopic (exact) mass is 392 g/mol. The molecule has 29 heavy (non-hydrogen) atoms. The van der Waals surface area contributed by atoms with Gasteiger partial charge in [-0.15, -0.1) is 0 Å². The zero-order chi connectivity index (χ0) is 20.1. The van der Waals surface area contributed by atoms with Gasteiger partial charge >= 0.3 is 0 Å². The van der Waals surface area contributed by atoms with Crippen molar-refractivity contribution in [3.8, 4) is 5.75 Å². The summed E-state index contributed by atoms with van der Waals surface area (Å²) in [5, 5.41) is 3.31. The number of nitrogens with one attached hydrogen (secondary N) is 1. The zero-order valence-electron chi connectivity index (χ0n) is 17.4. The van der Waals surface area contributed by atoms with Crippen molar-refractivity contribution in [1.29, 1.82) is 0 Å². The van der Waals surface area contributed by atoms with Gasteiger partial charge in [-0.2, -0.15) is 0 Å². The summed E-state index contributed by atoms with van der Waals surface area (Å²) in [5.74, 6) is 1.03. The van der Waals surface area contributed by atoms with Crippen LogP contribution in [0, 0.1) is 0 Å². The van der Waals surface area contributed by atoms with E-state index in [0.717, 1.165) is 38.1 Å². The van der Waals surface area contributed by atoms with Gasteiger partial charge in [0.05, 0.1) is 19.1 Å². The molecule has 2 aromatic carbocycles. The summed E-state index contributed by atoms with van der Waals surface area (Å²) in [6, 6.07) is 17.0. The van der Waals surface area contributed by atoms with Crippen LogP contribution in [0.25, 0.3) is 0 Å². The summed E-state index contributed by atoms with van der Waals surface area (Å²) in [7, 11) is 1.69. The molecule has 154 valence electrons. The summed E-state index contributed by atoms with van der Waals surface area (Å²) >= 11 is 0. The van der Waals surface area contributed by atoms with Gasteiger partial charge in [0.2, 0.25) is 5.91 Å². The predicted molar refractivity (Wildman–Crippen MR) is 116 cm³/mol. The van der Waals surface area contributed by atoms with E-state index in [1.807, 2.05) is 12.1 Å². The zero-order valence-corrected chi connectivity index (χ0v) is 17.4. The minimum atomic E-state index is -0.0159. The molecule has 0 spiro atoms. The van der Waals surface area contributed by atoms with E-state index in [-0.39, 0.29) is 17.9 Å². The lowest BCUT2D eigenvalue weighted by Crippen LogP contribution is -2.42. The molecule has 1 amide bonds. The predicted octanol–water partition coefficient (Wildman–Crippen LogP) is 4.46. The van der Waals surface area contributed by atoms with Crippen molar-refractivity contribution in [1.82, 2.24) is 10.2 Å². The van der Waals surface area contributed by atoms with Gasteiger partial charge in [0.25, 0.3) is 0 Å². The van der Waals surface area contributed by atoms with E-state index in [0.29, 0.717) is 6.54 Å². The molecule has 1 N–H and O–H groups in total. The summed E-state index contributed by atoms with van der Waals surface area (Å²) in [6.45, 7) is 2.85. The second-order valence-electron chi connectivity index (χ2n) is 8.27.